The van der Waals surface area contributed by atoms with E-state index in [0.29, 0.717) is 23.8 Å². The van der Waals surface area contributed by atoms with E-state index in [4.69, 9.17) is 4.74 Å². The molecule has 1 heterocycles. The summed E-state index contributed by atoms with van der Waals surface area (Å²) in [6.07, 6.45) is 2.45. The van der Waals surface area contributed by atoms with E-state index in [1.165, 1.54) is 16.8 Å². The minimum absolute atomic E-state index is 0.0405. The maximum Gasteiger partial charge on any atom is 0.263 e. The van der Waals surface area contributed by atoms with Gasteiger partial charge in [-0.3, -0.25) is 14.4 Å². The zero-order chi connectivity index (χ0) is 20.3. The fourth-order valence-electron chi connectivity index (χ4n) is 3.04. The number of ether oxygens (including phenoxy) is 1. The minimum atomic E-state index is -0.485. The molecule has 7 heteroatoms. The first-order valence-electron chi connectivity index (χ1n) is 9.39. The van der Waals surface area contributed by atoms with Crippen LogP contribution in [0.2, 0.25) is 0 Å². The van der Waals surface area contributed by atoms with Crippen molar-refractivity contribution in [3.05, 3.63) is 63.6 Å². The van der Waals surface area contributed by atoms with Gasteiger partial charge < -0.3 is 19.9 Å². The van der Waals surface area contributed by atoms with Gasteiger partial charge >= 0.3 is 0 Å². The van der Waals surface area contributed by atoms with Gasteiger partial charge in [-0.2, -0.15) is 0 Å². The quantitative estimate of drug-likeness (QED) is 0.763. The second-order valence-corrected chi connectivity index (χ2v) is 7.08. The Labute approximate surface area is 163 Å². The van der Waals surface area contributed by atoms with Crippen LogP contribution in [0.15, 0.2) is 41.3 Å². The number of hydrogen-bond acceptors (Lipinski definition) is 4. The smallest absolute Gasteiger partial charge is 0.263 e. The third kappa shape index (κ3) is 4.42. The van der Waals surface area contributed by atoms with Gasteiger partial charge in [0.15, 0.2) is 0 Å². The first kappa shape index (κ1) is 19.7. The Morgan fingerprint density at radius 2 is 2.00 bits per heavy atom. The van der Waals surface area contributed by atoms with Crippen molar-refractivity contribution in [2.75, 3.05) is 13.7 Å². The molecule has 1 aromatic carbocycles. The molecule has 28 heavy (non-hydrogen) atoms. The van der Waals surface area contributed by atoms with E-state index in [2.05, 4.69) is 17.6 Å². The molecule has 7 nitrogen and oxygen atoms in total. The lowest BCUT2D eigenvalue weighted by Crippen LogP contribution is -2.35. The summed E-state index contributed by atoms with van der Waals surface area (Å²) < 4.78 is 6.62. The van der Waals surface area contributed by atoms with E-state index in [-0.39, 0.29) is 24.1 Å². The van der Waals surface area contributed by atoms with Crippen LogP contribution in [0.25, 0.3) is 0 Å². The Morgan fingerprint density at radius 3 is 2.64 bits per heavy atom. The average Bonchev–Trinajstić information content (AvgIpc) is 3.37. The predicted octanol–water partition coefficient (Wildman–Crippen LogP) is 1.79. The largest absolute Gasteiger partial charge is 0.497 e. The summed E-state index contributed by atoms with van der Waals surface area (Å²) in [7, 11) is 1.57. The van der Waals surface area contributed by atoms with E-state index in [1.54, 1.807) is 14.0 Å². The van der Waals surface area contributed by atoms with Gasteiger partial charge in [0.05, 0.1) is 19.2 Å². The summed E-state index contributed by atoms with van der Waals surface area (Å²) in [6.45, 7) is 4.46. The van der Waals surface area contributed by atoms with Crippen LogP contribution in [0, 0.1) is 5.92 Å². The lowest BCUT2D eigenvalue weighted by atomic mass is 10.1. The zero-order valence-electron chi connectivity index (χ0n) is 16.3. The predicted molar refractivity (Wildman–Crippen MR) is 106 cm³/mol. The van der Waals surface area contributed by atoms with Crippen molar-refractivity contribution < 1.29 is 14.3 Å². The average molecular weight is 383 g/mol. The highest BCUT2D eigenvalue weighted by atomic mass is 16.5. The van der Waals surface area contributed by atoms with Gasteiger partial charge in [-0.1, -0.05) is 19.1 Å². The summed E-state index contributed by atoms with van der Waals surface area (Å²) >= 11 is 0. The molecule has 0 bridgehead atoms. The number of amides is 2. The number of nitrogens with one attached hydrogen (secondary N) is 2. The number of aromatic nitrogens is 1. The van der Waals surface area contributed by atoms with Gasteiger partial charge in [-0.25, -0.2) is 0 Å². The number of rotatable bonds is 7. The summed E-state index contributed by atoms with van der Waals surface area (Å²) in [5.41, 5.74) is 0.644. The van der Waals surface area contributed by atoms with Gasteiger partial charge in [0.1, 0.15) is 11.3 Å². The zero-order valence-corrected chi connectivity index (χ0v) is 16.3. The van der Waals surface area contributed by atoms with E-state index in [0.717, 1.165) is 12.0 Å². The Hall–Kier alpha value is -3.09. The van der Waals surface area contributed by atoms with Crippen LogP contribution < -0.4 is 20.9 Å². The molecular formula is C21H25N3O4. The summed E-state index contributed by atoms with van der Waals surface area (Å²) in [5, 5.41) is 5.58. The number of carbonyl (C=O) groups excluding carboxylic acids is 2. The summed E-state index contributed by atoms with van der Waals surface area (Å²) in [6, 6.07) is 8.84. The van der Waals surface area contributed by atoms with E-state index < -0.39 is 11.5 Å². The molecule has 1 fully saturated rings. The van der Waals surface area contributed by atoms with Crippen molar-refractivity contribution in [2.24, 2.45) is 5.92 Å². The topological polar surface area (TPSA) is 89.4 Å². The molecule has 2 aromatic rings. The van der Waals surface area contributed by atoms with Crippen molar-refractivity contribution in [2.45, 2.75) is 32.9 Å². The molecule has 2 atom stereocenters. The number of carbonyl (C=O) groups is 2. The normalized spacial score (nSPS) is 17.7. The molecule has 2 amide bonds. The minimum Gasteiger partial charge on any atom is -0.497 e. The van der Waals surface area contributed by atoms with E-state index in [1.807, 2.05) is 24.3 Å². The van der Waals surface area contributed by atoms with Gasteiger partial charge in [0, 0.05) is 18.8 Å². The second kappa shape index (κ2) is 8.29. The van der Waals surface area contributed by atoms with Crippen molar-refractivity contribution >= 4 is 11.8 Å². The molecule has 2 N–H and O–H groups in total. The number of methoxy groups -OCH3 is 1. The molecule has 1 saturated carbocycles. The van der Waals surface area contributed by atoms with Gasteiger partial charge in [0.25, 0.3) is 17.4 Å². The molecule has 0 spiro atoms. The maximum absolute atomic E-state index is 12.8. The Bertz CT molecular complexity index is 951. The third-order valence-corrected chi connectivity index (χ3v) is 4.84. The molecule has 3 rings (SSSR count). The number of benzene rings is 1. The van der Waals surface area contributed by atoms with Crippen LogP contribution >= 0.6 is 0 Å². The number of hydrogen-bond donors (Lipinski definition) is 2. The Kier molecular flexibility index (Phi) is 5.82. The molecule has 0 aliphatic heterocycles. The molecule has 1 aliphatic rings. The van der Waals surface area contributed by atoms with Crippen LogP contribution in [-0.2, 0) is 6.54 Å². The van der Waals surface area contributed by atoms with E-state index in [9.17, 15) is 14.4 Å². The highest BCUT2D eigenvalue weighted by Crippen LogP contribution is 2.29. The summed E-state index contributed by atoms with van der Waals surface area (Å²) in [4.78, 5) is 37.8. The fourth-order valence-corrected chi connectivity index (χ4v) is 3.04. The van der Waals surface area contributed by atoms with Crippen molar-refractivity contribution in [3.63, 3.8) is 0 Å². The molecule has 0 saturated heterocycles. The Morgan fingerprint density at radius 1 is 1.25 bits per heavy atom. The van der Waals surface area contributed by atoms with Crippen LogP contribution in [0.3, 0.4) is 0 Å². The third-order valence-electron chi connectivity index (χ3n) is 4.84. The molecular weight excluding hydrogens is 358 g/mol. The van der Waals surface area contributed by atoms with Crippen molar-refractivity contribution in [3.8, 4) is 5.75 Å². The first-order valence-corrected chi connectivity index (χ1v) is 9.39. The lowest BCUT2D eigenvalue weighted by Gasteiger charge is -2.13. The number of nitrogens with zero attached hydrogens (tertiary/aromatic N) is 1. The summed E-state index contributed by atoms with van der Waals surface area (Å²) in [5.74, 6) is 0.362. The second-order valence-electron chi connectivity index (χ2n) is 7.08. The molecule has 148 valence electrons. The standard InChI is InChI=1S/C21H25N3O4/c1-4-22-20(26)17-10-15(19(25)23-18-8-13(18)2)12-24(21(17)27)11-14-6-5-7-16(9-14)28-3/h5-7,9-10,12-13,18H,4,8,11H2,1-3H3,(H,22,26)(H,23,25)/t13-,18-/m0/s1. The molecule has 0 unspecified atom stereocenters. The monoisotopic (exact) mass is 383 g/mol. The SMILES string of the molecule is CCNC(=O)c1cc(C(=O)N[C@H]2C[C@@H]2C)cn(Cc2cccc(OC)c2)c1=O. The van der Waals surface area contributed by atoms with Crippen LogP contribution in [0.4, 0.5) is 0 Å². The van der Waals surface area contributed by atoms with Crippen LogP contribution in [0.5, 0.6) is 5.75 Å². The molecule has 0 radical (unpaired) electrons. The van der Waals surface area contributed by atoms with Crippen molar-refractivity contribution in [1.82, 2.24) is 15.2 Å². The first-order chi connectivity index (χ1) is 13.4. The van der Waals surface area contributed by atoms with E-state index >= 15 is 0 Å². The highest BCUT2D eigenvalue weighted by molar-refractivity contribution is 5.99. The van der Waals surface area contributed by atoms with Gasteiger partial charge in [-0.05, 0) is 43.0 Å². The lowest BCUT2D eigenvalue weighted by molar-refractivity contribution is 0.0948. The Balaban J connectivity index is 1.97. The maximum atomic E-state index is 12.8. The highest BCUT2D eigenvalue weighted by Gasteiger charge is 2.34. The number of pyridine rings is 1. The molecule has 1 aromatic heterocycles. The fraction of sp³-hybridized carbons (Fsp3) is 0.381. The van der Waals surface area contributed by atoms with Crippen LogP contribution in [-0.4, -0.2) is 36.1 Å². The van der Waals surface area contributed by atoms with Gasteiger partial charge in [0.2, 0.25) is 0 Å². The van der Waals surface area contributed by atoms with Crippen molar-refractivity contribution in [1.29, 1.82) is 0 Å². The van der Waals surface area contributed by atoms with Crippen LogP contribution in [0.1, 0.15) is 46.5 Å². The molecule has 1 aliphatic carbocycles. The van der Waals surface area contributed by atoms with Gasteiger partial charge in [-0.15, -0.1) is 0 Å².